The average molecular weight is 489 g/mol. The molecule has 0 bridgehead atoms. The number of aldehydes is 1. The van der Waals surface area contributed by atoms with Gasteiger partial charge in [-0.1, -0.05) is 6.92 Å². The zero-order valence-electron chi connectivity index (χ0n) is 20.1. The molecule has 3 N–H and O–H groups in total. The van der Waals surface area contributed by atoms with Crippen LogP contribution in [0.25, 0.3) is 0 Å². The number of carbonyl (C=O) groups excluding carboxylic acids is 3. The maximum atomic E-state index is 12.8. The number of fused-ring (bicyclic) bond motifs is 5. The number of cyclic esters (lactones) is 1. The van der Waals surface area contributed by atoms with E-state index in [0.29, 0.717) is 44.9 Å². The number of ether oxygens (including phenoxy) is 2. The Morgan fingerprint density at radius 2 is 2.00 bits per heavy atom. The highest BCUT2D eigenvalue weighted by atomic mass is 16.5. The molecule has 1 heterocycles. The van der Waals surface area contributed by atoms with Gasteiger partial charge in [-0.25, -0.2) is 9.59 Å². The standard InChI is InChI=1S/C25H34N3O7/c1-22-6-3-18-19(25(22,33)9-5-17(22)15-10-20(30)34-13-15)4-8-24(32)11-16(2-7-23(18,24)14-29)35-21(31)12-27-28-26/h10,14,16-19,26,32-33H,2-9,11-13H2,1H3/q+1. The molecular formula is C25H34N3O7+. The Bertz CT molecular complexity index is 1020. The van der Waals surface area contributed by atoms with Crippen LogP contribution in [0.15, 0.2) is 16.8 Å². The van der Waals surface area contributed by atoms with Crippen molar-refractivity contribution in [1.82, 2.24) is 4.91 Å². The predicted octanol–water partition coefficient (Wildman–Crippen LogP) is 2.00. The molecule has 0 spiro atoms. The SMILES string of the molecule is CC12CCC3C(CCC4(O)CC(OC(=O)CN=[N+]=N)CCC34C=O)C1(O)CCC2C1=CC(=O)OC1. The smallest absolute Gasteiger partial charge is 0.335 e. The Hall–Kier alpha value is -2.42. The number of hydrogen-bond donors (Lipinski definition) is 3. The number of rotatable bonds is 5. The van der Waals surface area contributed by atoms with Gasteiger partial charge < -0.3 is 24.5 Å². The van der Waals surface area contributed by atoms with Gasteiger partial charge in [0.2, 0.25) is 11.5 Å². The van der Waals surface area contributed by atoms with E-state index in [9.17, 15) is 24.6 Å². The van der Waals surface area contributed by atoms with Gasteiger partial charge in [0.1, 0.15) is 29.6 Å². The van der Waals surface area contributed by atoms with Gasteiger partial charge in [-0.3, -0.25) is 0 Å². The molecule has 10 nitrogen and oxygen atoms in total. The number of esters is 2. The van der Waals surface area contributed by atoms with E-state index in [2.05, 4.69) is 16.9 Å². The molecule has 0 aromatic heterocycles. The molecule has 5 rings (SSSR count). The van der Waals surface area contributed by atoms with E-state index < -0.39 is 34.1 Å². The summed E-state index contributed by atoms with van der Waals surface area (Å²) in [4.78, 5) is 39.3. The molecule has 4 saturated carbocycles. The fourth-order valence-corrected chi connectivity index (χ4v) is 8.73. The Morgan fingerprint density at radius 1 is 1.23 bits per heavy atom. The van der Waals surface area contributed by atoms with Crippen molar-refractivity contribution in [2.75, 3.05) is 13.2 Å². The third kappa shape index (κ3) is 3.37. The molecule has 190 valence electrons. The lowest BCUT2D eigenvalue weighted by atomic mass is 9.41. The lowest BCUT2D eigenvalue weighted by Gasteiger charge is -2.65. The third-order valence-electron chi connectivity index (χ3n) is 10.4. The summed E-state index contributed by atoms with van der Waals surface area (Å²) in [5.74, 6) is -1.17. The largest absolute Gasteiger partial charge is 0.461 e. The van der Waals surface area contributed by atoms with Crippen molar-refractivity contribution in [1.29, 1.82) is 5.53 Å². The summed E-state index contributed by atoms with van der Waals surface area (Å²) in [6.45, 7) is 2.05. The molecule has 8 atom stereocenters. The lowest BCUT2D eigenvalue weighted by molar-refractivity contribution is -0.249. The van der Waals surface area contributed by atoms with Crippen molar-refractivity contribution in [3.63, 3.8) is 0 Å². The highest BCUT2D eigenvalue weighted by Gasteiger charge is 2.71. The van der Waals surface area contributed by atoms with Gasteiger partial charge in [-0.05, 0) is 74.7 Å². The molecule has 0 aromatic rings. The first-order chi connectivity index (χ1) is 16.6. The highest BCUT2D eigenvalue weighted by molar-refractivity contribution is 5.85. The summed E-state index contributed by atoms with van der Waals surface area (Å²) in [6.07, 6.45) is 6.66. The highest BCUT2D eigenvalue weighted by Crippen LogP contribution is 2.70. The molecule has 4 fully saturated rings. The van der Waals surface area contributed by atoms with Crippen molar-refractivity contribution in [2.45, 2.75) is 82.0 Å². The number of hydrogen-bond acceptors (Lipinski definition) is 9. The van der Waals surface area contributed by atoms with Crippen molar-refractivity contribution < 1.29 is 34.1 Å². The van der Waals surface area contributed by atoms with Gasteiger partial charge >= 0.3 is 11.9 Å². The third-order valence-corrected chi connectivity index (χ3v) is 10.4. The molecule has 0 saturated heterocycles. The minimum Gasteiger partial charge on any atom is -0.461 e. The van der Waals surface area contributed by atoms with Gasteiger partial charge in [-0.2, -0.15) is 0 Å². The van der Waals surface area contributed by atoms with Crippen molar-refractivity contribution >= 4 is 18.2 Å². The minimum atomic E-state index is -1.31. The topological polar surface area (TPSA) is 160 Å². The Kier molecular flexibility index (Phi) is 5.77. The monoisotopic (exact) mass is 488 g/mol. The number of carbonyl (C=O) groups is 3. The zero-order chi connectivity index (χ0) is 25.1. The van der Waals surface area contributed by atoms with E-state index in [4.69, 9.17) is 15.0 Å². The van der Waals surface area contributed by atoms with Gasteiger partial charge in [0.05, 0.1) is 16.6 Å². The van der Waals surface area contributed by atoms with E-state index in [-0.39, 0.29) is 43.3 Å². The molecule has 1 aliphatic heterocycles. The molecule has 0 aromatic carbocycles. The zero-order valence-corrected chi connectivity index (χ0v) is 20.1. The van der Waals surface area contributed by atoms with Crippen LogP contribution in [-0.4, -0.2) is 58.9 Å². The van der Waals surface area contributed by atoms with Crippen molar-refractivity contribution in [2.24, 2.45) is 33.7 Å². The van der Waals surface area contributed by atoms with Crippen LogP contribution in [0.3, 0.4) is 0 Å². The van der Waals surface area contributed by atoms with Crippen molar-refractivity contribution in [3.8, 4) is 0 Å². The summed E-state index contributed by atoms with van der Waals surface area (Å²) < 4.78 is 10.6. The summed E-state index contributed by atoms with van der Waals surface area (Å²) in [5, 5.41) is 27.4. The minimum absolute atomic E-state index is 0.0592. The first-order valence-corrected chi connectivity index (χ1v) is 12.6. The van der Waals surface area contributed by atoms with Crippen LogP contribution in [-0.2, 0) is 23.9 Å². The Labute approximate surface area is 203 Å². The molecule has 4 aliphatic carbocycles. The average Bonchev–Trinajstić information content (AvgIpc) is 3.37. The Morgan fingerprint density at radius 3 is 2.69 bits per heavy atom. The maximum absolute atomic E-state index is 12.8. The second-order valence-corrected chi connectivity index (χ2v) is 11.5. The van der Waals surface area contributed by atoms with E-state index in [1.165, 1.54) is 0 Å². The van der Waals surface area contributed by atoms with Crippen molar-refractivity contribution in [3.05, 3.63) is 11.6 Å². The number of nitrogens with one attached hydrogen (secondary N) is 1. The van der Waals surface area contributed by atoms with Crippen LogP contribution in [0.2, 0.25) is 0 Å². The second kappa shape index (κ2) is 8.32. The summed E-state index contributed by atoms with van der Waals surface area (Å²) in [7, 11) is 0. The Balaban J connectivity index is 1.40. The number of aliphatic hydroxyl groups is 2. The van der Waals surface area contributed by atoms with Gasteiger partial charge in [0.25, 0.3) is 0 Å². The first-order valence-electron chi connectivity index (χ1n) is 12.6. The lowest BCUT2D eigenvalue weighted by Crippen LogP contribution is -2.69. The second-order valence-electron chi connectivity index (χ2n) is 11.5. The fourth-order valence-electron chi connectivity index (χ4n) is 8.73. The van der Waals surface area contributed by atoms with E-state index in [0.717, 1.165) is 18.3 Å². The van der Waals surface area contributed by atoms with Gasteiger partial charge in [0, 0.05) is 17.9 Å². The molecular weight excluding hydrogens is 454 g/mol. The maximum Gasteiger partial charge on any atom is 0.335 e. The van der Waals surface area contributed by atoms with E-state index >= 15 is 0 Å². The summed E-state index contributed by atoms with van der Waals surface area (Å²) >= 11 is 0. The summed E-state index contributed by atoms with van der Waals surface area (Å²) in [5.41, 5.74) is 3.91. The van der Waals surface area contributed by atoms with Crippen LogP contribution in [0.4, 0.5) is 0 Å². The van der Waals surface area contributed by atoms with Crippen LogP contribution in [0.5, 0.6) is 0 Å². The van der Waals surface area contributed by atoms with E-state index in [1.54, 1.807) is 6.08 Å². The summed E-state index contributed by atoms with van der Waals surface area (Å²) in [6, 6.07) is 0. The fraction of sp³-hybridized carbons (Fsp3) is 0.800. The van der Waals surface area contributed by atoms with Crippen LogP contribution < -0.4 is 4.91 Å². The predicted molar refractivity (Wildman–Crippen MR) is 120 cm³/mol. The quantitative estimate of drug-likeness (QED) is 0.231. The molecule has 35 heavy (non-hydrogen) atoms. The number of nitrogens with zero attached hydrogens (tertiary/aromatic N) is 2. The molecule has 5 aliphatic rings. The van der Waals surface area contributed by atoms with E-state index in [1.807, 2.05) is 0 Å². The van der Waals surface area contributed by atoms with Gasteiger partial charge in [0.15, 0.2) is 0 Å². The molecule has 10 heteroatoms. The van der Waals surface area contributed by atoms with Crippen LogP contribution >= 0.6 is 0 Å². The van der Waals surface area contributed by atoms with Crippen LogP contribution in [0, 0.1) is 34.1 Å². The first kappa shape index (κ1) is 24.3. The molecule has 0 amide bonds. The molecule has 0 radical (unpaired) electrons. The molecule has 8 unspecified atom stereocenters. The van der Waals surface area contributed by atoms with Crippen LogP contribution in [0.1, 0.15) is 64.7 Å². The normalized spacial score (nSPS) is 46.3. The van der Waals surface area contributed by atoms with Gasteiger partial charge in [-0.15, -0.1) is 0 Å².